The molecule has 2 atom stereocenters. The number of carbonyl (C=O) groups is 1. The van der Waals surface area contributed by atoms with E-state index in [0.717, 1.165) is 24.3 Å². The fourth-order valence-corrected chi connectivity index (χ4v) is 2.52. The Hall–Kier alpha value is -1.55. The summed E-state index contributed by atoms with van der Waals surface area (Å²) < 4.78 is 11.6. The van der Waals surface area contributed by atoms with Gasteiger partial charge in [-0.1, -0.05) is 27.7 Å². The molecule has 0 aromatic heterocycles. The van der Waals surface area contributed by atoms with Crippen LogP contribution in [0.2, 0.25) is 0 Å². The normalized spacial score (nSPS) is 15.0. The van der Waals surface area contributed by atoms with Crippen molar-refractivity contribution in [1.82, 2.24) is 0 Å². The van der Waals surface area contributed by atoms with E-state index in [1.807, 2.05) is 45.0 Å². The summed E-state index contributed by atoms with van der Waals surface area (Å²) in [5.74, 6) is 1.10. The minimum atomic E-state index is -0.809. The summed E-state index contributed by atoms with van der Waals surface area (Å²) in [6.07, 6.45) is 2.72. The number of ether oxygens (including phenoxy) is 2. The lowest BCUT2D eigenvalue weighted by Crippen LogP contribution is -2.44. The van der Waals surface area contributed by atoms with Crippen LogP contribution in [0.5, 0.6) is 5.75 Å². The largest absolute Gasteiger partial charge is 0.491 e. The highest BCUT2D eigenvalue weighted by atomic mass is 16.5. The molecule has 0 aliphatic heterocycles. The Morgan fingerprint density at radius 2 is 1.79 bits per heavy atom. The molecule has 0 aliphatic rings. The summed E-state index contributed by atoms with van der Waals surface area (Å²) >= 11 is 0. The van der Waals surface area contributed by atoms with Crippen LogP contribution in [0, 0.1) is 5.92 Å². The number of amides is 1. The molecule has 0 spiro atoms. The van der Waals surface area contributed by atoms with Crippen LogP contribution in [0.15, 0.2) is 24.3 Å². The topological polar surface area (TPSA) is 47.6 Å². The molecule has 0 bridgehead atoms. The maximum atomic E-state index is 12.7. The Kier molecular flexibility index (Phi) is 8.26. The monoisotopic (exact) mass is 335 g/mol. The lowest BCUT2D eigenvalue weighted by Gasteiger charge is -2.30. The lowest BCUT2D eigenvalue weighted by atomic mass is 9.93. The fourth-order valence-electron chi connectivity index (χ4n) is 2.52. The molecule has 0 aliphatic carbocycles. The van der Waals surface area contributed by atoms with Gasteiger partial charge in [0, 0.05) is 12.3 Å². The molecular weight excluding hydrogens is 302 g/mol. The number of hydrogen-bond acceptors (Lipinski definition) is 3. The van der Waals surface area contributed by atoms with E-state index in [2.05, 4.69) is 26.1 Å². The van der Waals surface area contributed by atoms with E-state index in [0.29, 0.717) is 18.9 Å². The first-order valence-electron chi connectivity index (χ1n) is 9.02. The molecule has 1 aromatic rings. The van der Waals surface area contributed by atoms with Gasteiger partial charge in [-0.15, -0.1) is 0 Å². The minimum Gasteiger partial charge on any atom is -0.491 e. The average molecular weight is 335 g/mol. The number of nitrogens with one attached hydrogen (secondary N) is 1. The van der Waals surface area contributed by atoms with Crippen molar-refractivity contribution in [3.63, 3.8) is 0 Å². The van der Waals surface area contributed by atoms with E-state index in [1.54, 1.807) is 0 Å². The van der Waals surface area contributed by atoms with Gasteiger partial charge in [0.05, 0.1) is 6.10 Å². The molecule has 1 aromatic carbocycles. The van der Waals surface area contributed by atoms with Crippen molar-refractivity contribution in [3.8, 4) is 5.75 Å². The first-order valence-corrected chi connectivity index (χ1v) is 9.02. The zero-order valence-electron chi connectivity index (χ0n) is 16.0. The van der Waals surface area contributed by atoms with Crippen molar-refractivity contribution in [2.75, 3.05) is 11.9 Å². The third-order valence-corrected chi connectivity index (χ3v) is 3.93. The Balaban J connectivity index is 2.75. The molecule has 0 saturated heterocycles. The minimum absolute atomic E-state index is 0.0970. The van der Waals surface area contributed by atoms with Crippen LogP contribution in [0.25, 0.3) is 0 Å². The maximum absolute atomic E-state index is 12.7. The van der Waals surface area contributed by atoms with Gasteiger partial charge in [-0.05, 0) is 63.3 Å². The maximum Gasteiger partial charge on any atom is 0.256 e. The molecule has 1 N–H and O–H groups in total. The standard InChI is InChI=1S/C20H33NO3/c1-7-13-23-20(6,14-15(3)4)19(22)21-17-9-11-18(12-10-17)24-16(5)8-2/h9-12,15-16H,7-8,13-14H2,1-6H3,(H,21,22)/t16-,20-/m0/s1. The summed E-state index contributed by atoms with van der Waals surface area (Å²) in [5.41, 5.74) is -0.0534. The van der Waals surface area contributed by atoms with Gasteiger partial charge in [-0.25, -0.2) is 0 Å². The Labute approximate surface area is 146 Å². The third-order valence-electron chi connectivity index (χ3n) is 3.93. The third kappa shape index (κ3) is 6.52. The van der Waals surface area contributed by atoms with Gasteiger partial charge in [0.15, 0.2) is 0 Å². The molecule has 4 nitrogen and oxygen atoms in total. The number of carbonyl (C=O) groups excluding carboxylic acids is 1. The van der Waals surface area contributed by atoms with Crippen molar-refractivity contribution in [2.24, 2.45) is 5.92 Å². The summed E-state index contributed by atoms with van der Waals surface area (Å²) in [5, 5.41) is 2.97. The zero-order valence-corrected chi connectivity index (χ0v) is 16.0. The van der Waals surface area contributed by atoms with Crippen LogP contribution in [0.3, 0.4) is 0 Å². The van der Waals surface area contributed by atoms with E-state index < -0.39 is 5.60 Å². The Morgan fingerprint density at radius 3 is 2.29 bits per heavy atom. The lowest BCUT2D eigenvalue weighted by molar-refractivity contribution is -0.141. The van der Waals surface area contributed by atoms with Crippen LogP contribution in [-0.4, -0.2) is 24.2 Å². The molecule has 0 radical (unpaired) electrons. The number of benzene rings is 1. The molecule has 1 rings (SSSR count). The van der Waals surface area contributed by atoms with Gasteiger partial charge < -0.3 is 14.8 Å². The number of hydrogen-bond donors (Lipinski definition) is 1. The second-order valence-corrected chi connectivity index (χ2v) is 6.99. The molecular formula is C20H33NO3. The highest BCUT2D eigenvalue weighted by Gasteiger charge is 2.34. The molecule has 1 amide bonds. The summed E-state index contributed by atoms with van der Waals surface area (Å²) in [6.45, 7) is 12.8. The van der Waals surface area contributed by atoms with Crippen molar-refractivity contribution in [2.45, 2.75) is 72.5 Å². The Bertz CT molecular complexity index is 498. The van der Waals surface area contributed by atoms with E-state index >= 15 is 0 Å². The molecule has 24 heavy (non-hydrogen) atoms. The molecule has 0 fully saturated rings. The fraction of sp³-hybridized carbons (Fsp3) is 0.650. The van der Waals surface area contributed by atoms with E-state index in [1.165, 1.54) is 0 Å². The van der Waals surface area contributed by atoms with Crippen LogP contribution in [-0.2, 0) is 9.53 Å². The van der Waals surface area contributed by atoms with Crippen LogP contribution >= 0.6 is 0 Å². The zero-order chi connectivity index (χ0) is 18.2. The van der Waals surface area contributed by atoms with Gasteiger partial charge in [-0.2, -0.15) is 0 Å². The molecule has 136 valence electrons. The molecule has 0 saturated carbocycles. The van der Waals surface area contributed by atoms with Crippen molar-refractivity contribution in [3.05, 3.63) is 24.3 Å². The van der Waals surface area contributed by atoms with Gasteiger partial charge >= 0.3 is 0 Å². The van der Waals surface area contributed by atoms with Gasteiger partial charge in [0.25, 0.3) is 5.91 Å². The number of anilines is 1. The Morgan fingerprint density at radius 1 is 1.17 bits per heavy atom. The van der Waals surface area contributed by atoms with Crippen molar-refractivity contribution >= 4 is 11.6 Å². The van der Waals surface area contributed by atoms with Crippen LogP contribution in [0.4, 0.5) is 5.69 Å². The first kappa shape index (κ1) is 20.5. The SMILES string of the molecule is CCCO[C@@](C)(CC(C)C)C(=O)Nc1ccc(O[C@@H](C)CC)cc1. The molecule has 0 unspecified atom stereocenters. The molecule has 0 heterocycles. The van der Waals surface area contributed by atoms with E-state index in [4.69, 9.17) is 9.47 Å². The summed E-state index contributed by atoms with van der Waals surface area (Å²) in [6, 6.07) is 7.50. The summed E-state index contributed by atoms with van der Waals surface area (Å²) in [7, 11) is 0. The second kappa shape index (κ2) is 9.67. The van der Waals surface area contributed by atoms with E-state index in [9.17, 15) is 4.79 Å². The first-order chi connectivity index (χ1) is 11.3. The predicted molar refractivity (Wildman–Crippen MR) is 99.6 cm³/mol. The average Bonchev–Trinajstić information content (AvgIpc) is 2.54. The van der Waals surface area contributed by atoms with Gasteiger partial charge in [0.1, 0.15) is 11.4 Å². The second-order valence-electron chi connectivity index (χ2n) is 6.99. The van der Waals surface area contributed by atoms with Crippen molar-refractivity contribution in [1.29, 1.82) is 0 Å². The number of rotatable bonds is 10. The van der Waals surface area contributed by atoms with Gasteiger partial charge in [0.2, 0.25) is 0 Å². The van der Waals surface area contributed by atoms with E-state index in [-0.39, 0.29) is 12.0 Å². The highest BCUT2D eigenvalue weighted by molar-refractivity contribution is 5.97. The molecule has 4 heteroatoms. The predicted octanol–water partition coefficient (Wildman–Crippen LogP) is 5.03. The van der Waals surface area contributed by atoms with Crippen LogP contribution in [0.1, 0.15) is 60.8 Å². The van der Waals surface area contributed by atoms with Crippen LogP contribution < -0.4 is 10.1 Å². The van der Waals surface area contributed by atoms with Gasteiger partial charge in [-0.3, -0.25) is 4.79 Å². The highest BCUT2D eigenvalue weighted by Crippen LogP contribution is 2.25. The van der Waals surface area contributed by atoms with Crippen molar-refractivity contribution < 1.29 is 14.3 Å². The smallest absolute Gasteiger partial charge is 0.256 e. The quantitative estimate of drug-likeness (QED) is 0.652. The summed E-state index contributed by atoms with van der Waals surface area (Å²) in [4.78, 5) is 12.7.